The van der Waals surface area contributed by atoms with Gasteiger partial charge in [0, 0.05) is 37.1 Å². The van der Waals surface area contributed by atoms with Gasteiger partial charge >= 0.3 is 0 Å². The number of aryl methyl sites for hydroxylation is 1. The smallest absolute Gasteiger partial charge is 0.219 e. The number of ether oxygens (including phenoxy) is 1. The van der Waals surface area contributed by atoms with Gasteiger partial charge in [-0.25, -0.2) is 0 Å². The van der Waals surface area contributed by atoms with Gasteiger partial charge in [0.05, 0.1) is 6.61 Å². The van der Waals surface area contributed by atoms with Gasteiger partial charge in [0.25, 0.3) is 0 Å². The molecule has 1 N–H and O–H groups in total. The van der Waals surface area contributed by atoms with Crippen molar-refractivity contribution in [3.63, 3.8) is 0 Å². The molecular formula is C15H20N2O2. The van der Waals surface area contributed by atoms with E-state index in [4.69, 9.17) is 4.74 Å². The molecule has 0 saturated carbocycles. The fourth-order valence-electron chi connectivity index (χ4n) is 2.16. The first-order valence-electron chi connectivity index (χ1n) is 6.67. The molecule has 0 radical (unpaired) electrons. The number of carbonyl (C=O) groups excluding carboxylic acids is 1. The van der Waals surface area contributed by atoms with Crippen molar-refractivity contribution in [2.24, 2.45) is 0 Å². The molecule has 1 aromatic carbocycles. The van der Waals surface area contributed by atoms with Crippen LogP contribution in [0.1, 0.15) is 19.8 Å². The van der Waals surface area contributed by atoms with Gasteiger partial charge in [-0.2, -0.15) is 0 Å². The Kier molecular flexibility index (Phi) is 4.44. The van der Waals surface area contributed by atoms with E-state index >= 15 is 0 Å². The average molecular weight is 260 g/mol. The number of rotatable bonds is 6. The third-order valence-electron chi connectivity index (χ3n) is 3.14. The summed E-state index contributed by atoms with van der Waals surface area (Å²) in [6, 6.07) is 8.19. The molecule has 1 amide bonds. The summed E-state index contributed by atoms with van der Waals surface area (Å²) >= 11 is 0. The molecule has 1 heterocycles. The number of nitrogens with one attached hydrogen (secondary N) is 1. The van der Waals surface area contributed by atoms with Crippen LogP contribution in [0.4, 0.5) is 0 Å². The summed E-state index contributed by atoms with van der Waals surface area (Å²) in [5, 5.41) is 3.81. The summed E-state index contributed by atoms with van der Waals surface area (Å²) in [5.41, 5.74) is 1.18. The van der Waals surface area contributed by atoms with Crippen molar-refractivity contribution >= 4 is 16.8 Å². The lowest BCUT2D eigenvalue weighted by molar-refractivity contribution is -0.120. The monoisotopic (exact) mass is 260 g/mol. The van der Waals surface area contributed by atoms with Crippen LogP contribution in [0, 0.1) is 0 Å². The largest absolute Gasteiger partial charge is 0.494 e. The molecule has 0 unspecified atom stereocenters. The quantitative estimate of drug-likeness (QED) is 0.867. The Morgan fingerprint density at radius 1 is 1.37 bits per heavy atom. The van der Waals surface area contributed by atoms with Crippen LogP contribution in [-0.4, -0.2) is 24.1 Å². The molecule has 19 heavy (non-hydrogen) atoms. The molecule has 2 rings (SSSR count). The lowest BCUT2D eigenvalue weighted by Crippen LogP contribution is -2.17. The molecule has 0 fully saturated rings. The molecule has 4 nitrogen and oxygen atoms in total. The number of hydrogen-bond acceptors (Lipinski definition) is 2. The Morgan fingerprint density at radius 3 is 2.95 bits per heavy atom. The van der Waals surface area contributed by atoms with Crippen LogP contribution in [0.3, 0.4) is 0 Å². The van der Waals surface area contributed by atoms with E-state index < -0.39 is 0 Å². The van der Waals surface area contributed by atoms with E-state index in [0.29, 0.717) is 13.0 Å². The number of fused-ring (bicyclic) bond motifs is 1. The van der Waals surface area contributed by atoms with Crippen LogP contribution >= 0.6 is 0 Å². The summed E-state index contributed by atoms with van der Waals surface area (Å²) < 4.78 is 7.66. The maximum atomic E-state index is 11.2. The summed E-state index contributed by atoms with van der Waals surface area (Å²) in [6.07, 6.45) is 3.47. The van der Waals surface area contributed by atoms with Gasteiger partial charge in [0.2, 0.25) is 5.91 Å². The van der Waals surface area contributed by atoms with Crippen molar-refractivity contribution in [3.8, 4) is 5.75 Å². The second-order valence-corrected chi connectivity index (χ2v) is 4.44. The summed E-state index contributed by atoms with van der Waals surface area (Å²) in [6.45, 7) is 3.51. The zero-order valence-electron chi connectivity index (χ0n) is 11.5. The second-order valence-electron chi connectivity index (χ2n) is 4.44. The molecule has 102 valence electrons. The number of aromatic nitrogens is 1. The van der Waals surface area contributed by atoms with Crippen molar-refractivity contribution in [2.75, 3.05) is 13.7 Å². The van der Waals surface area contributed by atoms with Crippen LogP contribution in [0.5, 0.6) is 5.75 Å². The normalized spacial score (nSPS) is 10.6. The van der Waals surface area contributed by atoms with Crippen molar-refractivity contribution in [1.29, 1.82) is 0 Å². The minimum absolute atomic E-state index is 0.0927. The molecule has 0 aliphatic carbocycles. The highest BCUT2D eigenvalue weighted by atomic mass is 16.5. The molecular weight excluding hydrogens is 240 g/mol. The third kappa shape index (κ3) is 3.28. The molecule has 0 bridgehead atoms. The fourth-order valence-corrected chi connectivity index (χ4v) is 2.16. The molecule has 0 aliphatic heterocycles. The SMILES string of the molecule is CCOc1ccc2c(ccn2CCCC(=O)NC)c1. The van der Waals surface area contributed by atoms with Crippen molar-refractivity contribution in [2.45, 2.75) is 26.3 Å². The van der Waals surface area contributed by atoms with Crippen molar-refractivity contribution in [1.82, 2.24) is 9.88 Å². The topological polar surface area (TPSA) is 43.3 Å². The molecule has 2 aromatic rings. The second kappa shape index (κ2) is 6.27. The standard InChI is InChI=1S/C15H20N2O2/c1-3-19-13-6-7-14-12(11-13)8-10-17(14)9-4-5-15(18)16-2/h6-8,10-11H,3-5,9H2,1-2H3,(H,16,18). The predicted molar refractivity (Wildman–Crippen MR) is 76.4 cm³/mol. The van der Waals surface area contributed by atoms with Crippen LogP contribution in [0.2, 0.25) is 0 Å². The van der Waals surface area contributed by atoms with Crippen LogP contribution in [-0.2, 0) is 11.3 Å². The molecule has 4 heteroatoms. The van der Waals surface area contributed by atoms with E-state index in [0.717, 1.165) is 18.7 Å². The molecule has 1 aromatic heterocycles. The van der Waals surface area contributed by atoms with E-state index in [9.17, 15) is 4.79 Å². The van der Waals surface area contributed by atoms with Gasteiger partial charge in [-0.3, -0.25) is 4.79 Å². The van der Waals surface area contributed by atoms with E-state index in [1.807, 2.05) is 19.1 Å². The first-order valence-corrected chi connectivity index (χ1v) is 6.67. The highest BCUT2D eigenvalue weighted by Gasteiger charge is 2.04. The van der Waals surface area contributed by atoms with E-state index in [-0.39, 0.29) is 5.91 Å². The Labute approximate surface area is 113 Å². The van der Waals surface area contributed by atoms with Gasteiger partial charge in [0.15, 0.2) is 0 Å². The van der Waals surface area contributed by atoms with Gasteiger partial charge in [-0.15, -0.1) is 0 Å². The van der Waals surface area contributed by atoms with E-state index in [1.165, 1.54) is 10.9 Å². The first-order chi connectivity index (χ1) is 9.24. The van der Waals surface area contributed by atoms with Crippen LogP contribution in [0.25, 0.3) is 10.9 Å². The number of hydrogen-bond donors (Lipinski definition) is 1. The van der Waals surface area contributed by atoms with Gasteiger partial charge < -0.3 is 14.6 Å². The molecule has 0 saturated heterocycles. The van der Waals surface area contributed by atoms with Crippen molar-refractivity contribution < 1.29 is 9.53 Å². The summed E-state index contributed by atoms with van der Waals surface area (Å²) in [5.74, 6) is 0.994. The Balaban J connectivity index is 2.06. The third-order valence-corrected chi connectivity index (χ3v) is 3.14. The molecule has 0 spiro atoms. The minimum Gasteiger partial charge on any atom is -0.494 e. The fraction of sp³-hybridized carbons (Fsp3) is 0.400. The maximum absolute atomic E-state index is 11.2. The maximum Gasteiger partial charge on any atom is 0.219 e. The highest BCUT2D eigenvalue weighted by molar-refractivity contribution is 5.81. The zero-order chi connectivity index (χ0) is 13.7. The first kappa shape index (κ1) is 13.5. The number of carbonyl (C=O) groups is 1. The van der Waals surface area contributed by atoms with Gasteiger partial charge in [-0.05, 0) is 37.6 Å². The number of nitrogens with zero attached hydrogens (tertiary/aromatic N) is 1. The van der Waals surface area contributed by atoms with E-state index in [1.54, 1.807) is 7.05 Å². The summed E-state index contributed by atoms with van der Waals surface area (Å²) in [4.78, 5) is 11.2. The Hall–Kier alpha value is -1.97. The lowest BCUT2D eigenvalue weighted by Gasteiger charge is -2.06. The van der Waals surface area contributed by atoms with Crippen LogP contribution in [0.15, 0.2) is 30.5 Å². The predicted octanol–water partition coefficient (Wildman–Crippen LogP) is 2.57. The molecule has 0 atom stereocenters. The number of benzene rings is 1. The highest BCUT2D eigenvalue weighted by Crippen LogP contribution is 2.22. The minimum atomic E-state index is 0.0927. The van der Waals surface area contributed by atoms with Crippen molar-refractivity contribution in [3.05, 3.63) is 30.5 Å². The van der Waals surface area contributed by atoms with E-state index in [2.05, 4.69) is 28.2 Å². The van der Waals surface area contributed by atoms with Crippen LogP contribution < -0.4 is 10.1 Å². The number of amides is 1. The lowest BCUT2D eigenvalue weighted by atomic mass is 10.2. The Bertz CT molecular complexity index is 560. The van der Waals surface area contributed by atoms with Gasteiger partial charge in [0.1, 0.15) is 5.75 Å². The average Bonchev–Trinajstić information content (AvgIpc) is 2.81. The Morgan fingerprint density at radius 2 is 2.21 bits per heavy atom. The summed E-state index contributed by atoms with van der Waals surface area (Å²) in [7, 11) is 1.67. The van der Waals surface area contributed by atoms with Gasteiger partial charge in [-0.1, -0.05) is 0 Å². The zero-order valence-corrected chi connectivity index (χ0v) is 11.5. The molecule has 0 aliphatic rings.